The van der Waals surface area contributed by atoms with Gasteiger partial charge in [0.2, 0.25) is 5.91 Å². The number of nitrogens with one attached hydrogen (secondary N) is 1. The van der Waals surface area contributed by atoms with Gasteiger partial charge in [-0.15, -0.1) is 0 Å². The molecule has 5 aromatic rings. The molecule has 0 unspecified atom stereocenters. The van der Waals surface area contributed by atoms with Crippen LogP contribution in [0.1, 0.15) is 40.4 Å². The molecule has 57 heavy (non-hydrogen) atoms. The normalized spacial score (nSPS) is 20.1. The van der Waals surface area contributed by atoms with Gasteiger partial charge in [-0.1, -0.05) is 114 Å². The van der Waals surface area contributed by atoms with Crippen LogP contribution in [0, 0.1) is 5.92 Å². The van der Waals surface area contributed by atoms with Crippen LogP contribution >= 0.6 is 15.9 Å². The second-order valence-electron chi connectivity index (χ2n) is 15.5. The van der Waals surface area contributed by atoms with E-state index in [1.807, 2.05) is 103 Å². The molecule has 0 saturated carbocycles. The number of ether oxygens (including phenoxy) is 2. The third kappa shape index (κ3) is 7.94. The van der Waals surface area contributed by atoms with Crippen molar-refractivity contribution in [3.63, 3.8) is 0 Å². The van der Waals surface area contributed by atoms with Crippen LogP contribution in [0.15, 0.2) is 132 Å². The van der Waals surface area contributed by atoms with Crippen LogP contribution in [0.5, 0.6) is 5.75 Å². The maximum atomic E-state index is 15.3. The minimum atomic E-state index is -2.53. The third-order valence-electron chi connectivity index (χ3n) is 11.7. The van der Waals surface area contributed by atoms with Crippen molar-refractivity contribution in [1.82, 2.24) is 4.90 Å². The monoisotopic (exact) mass is 845 g/mol. The molecule has 2 heterocycles. The zero-order valence-electron chi connectivity index (χ0n) is 32.7. The molecule has 1 saturated heterocycles. The number of fused-ring (bicyclic) bond motifs is 2. The Bertz CT molecular complexity index is 2240. The topological polar surface area (TPSA) is 108 Å². The first kappa shape index (κ1) is 40.1. The highest BCUT2D eigenvalue weighted by Crippen LogP contribution is 2.60. The molecular weight excluding hydrogens is 799 g/mol. The van der Waals surface area contributed by atoms with Crippen LogP contribution in [0.3, 0.4) is 0 Å². The van der Waals surface area contributed by atoms with Crippen molar-refractivity contribution < 1.29 is 29.0 Å². The second-order valence-corrected chi connectivity index (χ2v) is 21.1. The lowest BCUT2D eigenvalue weighted by atomic mass is 9.82. The van der Waals surface area contributed by atoms with Crippen molar-refractivity contribution in [3.05, 3.63) is 154 Å². The van der Waals surface area contributed by atoms with Gasteiger partial charge in [0, 0.05) is 40.3 Å². The van der Waals surface area contributed by atoms with Gasteiger partial charge in [0.15, 0.2) is 5.60 Å². The Morgan fingerprint density at radius 3 is 2.28 bits per heavy atom. The molecule has 2 N–H and O–H groups in total. The van der Waals surface area contributed by atoms with Crippen molar-refractivity contribution in [1.29, 1.82) is 0 Å². The molecule has 3 amide bonds. The van der Waals surface area contributed by atoms with Gasteiger partial charge in [-0.25, -0.2) is 0 Å². The average Bonchev–Trinajstić information content (AvgIpc) is 3.64. The number of amides is 3. The first-order valence-corrected chi connectivity index (χ1v) is 23.2. The number of hydrogen-bond acceptors (Lipinski definition) is 6. The first-order valence-electron chi connectivity index (χ1n) is 19.3. The molecule has 4 atom stereocenters. The largest absolute Gasteiger partial charge is 0.497 e. The fraction of sp³-hybridized carbons (Fsp3) is 0.283. The molecule has 294 valence electrons. The zero-order chi connectivity index (χ0) is 40.3. The maximum Gasteiger partial charge on any atom is 0.264 e. The van der Waals surface area contributed by atoms with Gasteiger partial charge in [0.25, 0.3) is 11.8 Å². The van der Waals surface area contributed by atoms with Gasteiger partial charge in [-0.05, 0) is 71.3 Å². The minimum absolute atomic E-state index is 0.0515. The number of aliphatic hydroxyl groups excluding tert-OH is 1. The fourth-order valence-corrected chi connectivity index (χ4v) is 13.3. The number of hydrogen-bond donors (Lipinski definition) is 2. The van der Waals surface area contributed by atoms with E-state index >= 15 is 4.79 Å². The first-order chi connectivity index (χ1) is 27.5. The van der Waals surface area contributed by atoms with E-state index in [2.05, 4.69) is 53.4 Å². The lowest BCUT2D eigenvalue weighted by Crippen LogP contribution is -2.52. The van der Waals surface area contributed by atoms with Crippen LogP contribution in [0.2, 0.25) is 18.6 Å². The van der Waals surface area contributed by atoms with Crippen molar-refractivity contribution in [2.45, 2.75) is 56.8 Å². The van der Waals surface area contributed by atoms with Gasteiger partial charge >= 0.3 is 0 Å². The second kappa shape index (κ2) is 16.8. The van der Waals surface area contributed by atoms with Crippen molar-refractivity contribution in [3.8, 4) is 5.75 Å². The summed E-state index contributed by atoms with van der Waals surface area (Å²) in [5.41, 5.74) is 2.95. The molecule has 7 rings (SSSR count). The summed E-state index contributed by atoms with van der Waals surface area (Å²) < 4.78 is 13.6. The lowest BCUT2D eigenvalue weighted by molar-refractivity contribution is -0.150. The summed E-state index contributed by atoms with van der Waals surface area (Å²) in [6.45, 7) is 7.29. The van der Waals surface area contributed by atoms with Gasteiger partial charge < -0.3 is 29.7 Å². The van der Waals surface area contributed by atoms with Gasteiger partial charge in [-0.2, -0.15) is 0 Å². The highest BCUT2D eigenvalue weighted by molar-refractivity contribution is 9.10. The lowest BCUT2D eigenvalue weighted by Gasteiger charge is -2.37. The Morgan fingerprint density at radius 2 is 1.60 bits per heavy atom. The van der Waals surface area contributed by atoms with Crippen molar-refractivity contribution in [2.24, 2.45) is 5.92 Å². The van der Waals surface area contributed by atoms with Crippen LogP contribution < -0.4 is 20.1 Å². The maximum absolute atomic E-state index is 15.3. The van der Waals surface area contributed by atoms with E-state index in [1.165, 1.54) is 5.19 Å². The van der Waals surface area contributed by atoms with E-state index < -0.39 is 19.8 Å². The van der Waals surface area contributed by atoms with Crippen molar-refractivity contribution >= 4 is 58.3 Å². The highest BCUT2D eigenvalue weighted by atomic mass is 79.9. The molecule has 1 spiro atoms. The summed E-state index contributed by atoms with van der Waals surface area (Å²) in [5, 5.41) is 14.2. The molecule has 0 radical (unpaired) electrons. The van der Waals surface area contributed by atoms with E-state index in [9.17, 15) is 14.7 Å². The standard InChI is InChI=1S/C46H48BrN3O6Si/c1-31-43(57(3,4)38-21-19-37(55-2)20-22-38)41(28-42(52)49(24-25-51)29-32-12-7-5-8-13-32)56-46(31)39-27-35(47)18-23-40(39)50(45(46)54)30-33-14-11-17-36(26-33)48-44(53)34-15-9-6-10-16-34/h5-23,26-27,31,41,43,51H,24-25,28-30H2,1-4H3,(H,48,53)/t31-,41+,43-,46+/m0/s1. The number of halogens is 1. The van der Waals surface area contributed by atoms with E-state index in [-0.39, 0.29) is 55.3 Å². The SMILES string of the molecule is COc1ccc([Si](C)(C)[C@@H]2[C@@H](CC(=O)N(CCO)Cc3ccccc3)O[C@]3(C(=O)N(Cc4cccc(NC(=O)c5ccccc5)c4)c4ccc(Br)cc43)[C@H]2C)cc1. The Labute approximate surface area is 343 Å². The molecule has 9 nitrogen and oxygen atoms in total. The van der Waals surface area contributed by atoms with Crippen LogP contribution in [0.4, 0.5) is 11.4 Å². The summed E-state index contributed by atoms with van der Waals surface area (Å²) in [5.74, 6) is -0.104. The summed E-state index contributed by atoms with van der Waals surface area (Å²) in [6.07, 6.45) is -0.545. The molecule has 0 bridgehead atoms. The highest BCUT2D eigenvalue weighted by Gasteiger charge is 2.66. The third-order valence-corrected chi connectivity index (χ3v) is 16.5. The molecule has 2 aliphatic heterocycles. The van der Waals surface area contributed by atoms with E-state index in [0.29, 0.717) is 17.8 Å². The number of carbonyl (C=O) groups excluding carboxylic acids is 3. The summed E-state index contributed by atoms with van der Waals surface area (Å²) in [7, 11) is -0.885. The number of anilines is 2. The van der Waals surface area contributed by atoms with Gasteiger partial charge in [0.05, 0.1) is 46.5 Å². The number of benzene rings is 5. The van der Waals surface area contributed by atoms with E-state index in [4.69, 9.17) is 9.47 Å². The molecule has 1 fully saturated rings. The predicted octanol–water partition coefficient (Wildman–Crippen LogP) is 7.88. The average molecular weight is 847 g/mol. The molecule has 5 aromatic carbocycles. The van der Waals surface area contributed by atoms with Crippen LogP contribution in [0.25, 0.3) is 0 Å². The smallest absolute Gasteiger partial charge is 0.264 e. The van der Waals surface area contributed by atoms with Gasteiger partial charge in [-0.3, -0.25) is 14.4 Å². The molecular formula is C46H48BrN3O6Si. The number of methoxy groups -OCH3 is 1. The predicted molar refractivity (Wildman–Crippen MR) is 229 cm³/mol. The number of carbonyl (C=O) groups is 3. The quantitative estimate of drug-likeness (QED) is 0.117. The number of aliphatic hydroxyl groups is 1. The van der Waals surface area contributed by atoms with E-state index in [0.717, 1.165) is 32.6 Å². The number of nitrogens with zero attached hydrogens (tertiary/aromatic N) is 2. The Morgan fingerprint density at radius 1 is 0.912 bits per heavy atom. The molecule has 2 aliphatic rings. The number of rotatable bonds is 13. The molecule has 0 aromatic heterocycles. The summed E-state index contributed by atoms with van der Waals surface area (Å²) >= 11 is 3.69. The van der Waals surface area contributed by atoms with Gasteiger partial charge in [0.1, 0.15) is 5.75 Å². The fourth-order valence-electron chi connectivity index (χ4n) is 8.88. The Kier molecular flexibility index (Phi) is 11.8. The van der Waals surface area contributed by atoms with Crippen LogP contribution in [-0.2, 0) is 33.0 Å². The summed E-state index contributed by atoms with van der Waals surface area (Å²) in [6, 6.07) is 40.3. The molecule has 11 heteroatoms. The Balaban J connectivity index is 1.25. The van der Waals surface area contributed by atoms with Crippen LogP contribution in [-0.4, -0.2) is 62.2 Å². The molecule has 0 aliphatic carbocycles. The Hall–Kier alpha value is -5.07. The van der Waals surface area contributed by atoms with E-state index in [1.54, 1.807) is 29.0 Å². The van der Waals surface area contributed by atoms with Crippen molar-refractivity contribution in [2.75, 3.05) is 30.5 Å². The zero-order valence-corrected chi connectivity index (χ0v) is 35.2. The minimum Gasteiger partial charge on any atom is -0.497 e. The summed E-state index contributed by atoms with van der Waals surface area (Å²) in [4.78, 5) is 46.2.